The Balaban J connectivity index is 1.67. The summed E-state index contributed by atoms with van der Waals surface area (Å²) >= 11 is 5.24. The monoisotopic (exact) mass is 460 g/mol. The first kappa shape index (κ1) is 22.2. The van der Waals surface area contributed by atoms with Crippen LogP contribution in [0, 0.1) is 0 Å². The van der Waals surface area contributed by atoms with Gasteiger partial charge in [0.05, 0.1) is 18.4 Å². The molecule has 0 bridgehead atoms. The number of esters is 1. The first-order valence-electron chi connectivity index (χ1n) is 10.2. The zero-order valence-corrected chi connectivity index (χ0v) is 18.8. The van der Waals surface area contributed by atoms with Crippen LogP contribution in [0.4, 0.5) is 5.69 Å². The van der Waals surface area contributed by atoms with Gasteiger partial charge < -0.3 is 9.15 Å². The summed E-state index contributed by atoms with van der Waals surface area (Å²) in [7, 11) is 1.30. The number of hydrogen-bond donors (Lipinski definition) is 1. The zero-order chi connectivity index (χ0) is 23.5. The SMILES string of the molecule is CCc1ccc(N2C(=O)C(=Cc3ccc(-c4ccccc4C(=O)OC)o3)C(=O)NC2=S)cc1. The fraction of sp³-hybridized carbons (Fsp3) is 0.120. The van der Waals surface area contributed by atoms with E-state index in [1.54, 1.807) is 48.5 Å². The Morgan fingerprint density at radius 1 is 1.09 bits per heavy atom. The van der Waals surface area contributed by atoms with Crippen molar-refractivity contribution < 1.29 is 23.5 Å². The summed E-state index contributed by atoms with van der Waals surface area (Å²) in [5.41, 5.74) is 2.43. The molecule has 8 heteroatoms. The molecule has 1 N–H and O–H groups in total. The van der Waals surface area contributed by atoms with Crippen molar-refractivity contribution in [2.75, 3.05) is 12.0 Å². The first-order valence-corrected chi connectivity index (χ1v) is 10.6. The molecule has 1 aromatic heterocycles. The molecule has 0 radical (unpaired) electrons. The van der Waals surface area contributed by atoms with Gasteiger partial charge >= 0.3 is 5.97 Å². The van der Waals surface area contributed by atoms with Crippen LogP contribution in [0.25, 0.3) is 17.4 Å². The van der Waals surface area contributed by atoms with E-state index in [2.05, 4.69) is 5.32 Å². The number of ether oxygens (including phenoxy) is 1. The molecule has 166 valence electrons. The molecule has 0 atom stereocenters. The van der Waals surface area contributed by atoms with Crippen LogP contribution >= 0.6 is 12.2 Å². The normalized spacial score (nSPS) is 15.0. The van der Waals surface area contributed by atoms with Crippen molar-refractivity contribution in [2.24, 2.45) is 0 Å². The highest BCUT2D eigenvalue weighted by molar-refractivity contribution is 7.80. The van der Waals surface area contributed by atoms with Crippen LogP contribution in [0.3, 0.4) is 0 Å². The van der Waals surface area contributed by atoms with E-state index in [9.17, 15) is 14.4 Å². The largest absolute Gasteiger partial charge is 0.465 e. The highest BCUT2D eigenvalue weighted by Gasteiger charge is 2.34. The number of aryl methyl sites for hydroxylation is 1. The Bertz CT molecular complexity index is 1290. The second-order valence-corrected chi connectivity index (χ2v) is 7.60. The topological polar surface area (TPSA) is 88.8 Å². The van der Waals surface area contributed by atoms with Gasteiger partial charge in [-0.15, -0.1) is 0 Å². The second-order valence-electron chi connectivity index (χ2n) is 7.22. The van der Waals surface area contributed by atoms with Crippen LogP contribution in [-0.4, -0.2) is 30.0 Å². The molecule has 33 heavy (non-hydrogen) atoms. The number of nitrogens with one attached hydrogen (secondary N) is 1. The van der Waals surface area contributed by atoms with Gasteiger partial charge in [-0.2, -0.15) is 0 Å². The molecule has 2 heterocycles. The minimum Gasteiger partial charge on any atom is -0.465 e. The summed E-state index contributed by atoms with van der Waals surface area (Å²) in [4.78, 5) is 39.1. The Morgan fingerprint density at radius 2 is 1.82 bits per heavy atom. The maximum absolute atomic E-state index is 13.2. The van der Waals surface area contributed by atoms with Gasteiger partial charge in [-0.05, 0) is 60.6 Å². The molecule has 0 aliphatic carbocycles. The average Bonchev–Trinajstić information content (AvgIpc) is 3.30. The molecule has 4 rings (SSSR count). The van der Waals surface area contributed by atoms with E-state index in [1.807, 2.05) is 19.1 Å². The van der Waals surface area contributed by atoms with Crippen LogP contribution in [0.5, 0.6) is 0 Å². The lowest BCUT2D eigenvalue weighted by Crippen LogP contribution is -2.54. The summed E-state index contributed by atoms with van der Waals surface area (Å²) in [5.74, 6) is -0.992. The molecule has 0 spiro atoms. The van der Waals surface area contributed by atoms with Gasteiger partial charge in [-0.3, -0.25) is 19.8 Å². The fourth-order valence-corrected chi connectivity index (χ4v) is 3.76. The number of methoxy groups -OCH3 is 1. The molecule has 7 nitrogen and oxygen atoms in total. The number of hydrogen-bond acceptors (Lipinski definition) is 6. The Morgan fingerprint density at radius 3 is 2.52 bits per heavy atom. The maximum atomic E-state index is 13.2. The minimum atomic E-state index is -0.612. The van der Waals surface area contributed by atoms with Crippen molar-refractivity contribution in [3.05, 3.63) is 83.1 Å². The summed E-state index contributed by atoms with van der Waals surface area (Å²) in [6.07, 6.45) is 2.22. The molecule has 1 saturated heterocycles. The van der Waals surface area contributed by atoms with Crippen LogP contribution < -0.4 is 10.2 Å². The number of benzene rings is 2. The molecule has 2 aromatic carbocycles. The highest BCUT2D eigenvalue weighted by Crippen LogP contribution is 2.28. The molecule has 1 fully saturated rings. The number of thiocarbonyl (C=S) groups is 1. The minimum absolute atomic E-state index is 0.0125. The molecule has 1 aliphatic rings. The molecular formula is C25H20N2O5S. The van der Waals surface area contributed by atoms with Crippen molar-refractivity contribution in [3.63, 3.8) is 0 Å². The molecule has 0 saturated carbocycles. The second kappa shape index (κ2) is 9.22. The smallest absolute Gasteiger partial charge is 0.338 e. The Labute approximate surface area is 195 Å². The van der Waals surface area contributed by atoms with Gasteiger partial charge in [0.25, 0.3) is 11.8 Å². The van der Waals surface area contributed by atoms with Gasteiger partial charge in [-0.25, -0.2) is 4.79 Å². The van der Waals surface area contributed by atoms with Crippen LogP contribution in [-0.2, 0) is 20.7 Å². The van der Waals surface area contributed by atoms with Crippen LogP contribution in [0.1, 0.15) is 28.6 Å². The van der Waals surface area contributed by atoms with Crippen molar-refractivity contribution in [2.45, 2.75) is 13.3 Å². The van der Waals surface area contributed by atoms with Gasteiger partial charge in [-0.1, -0.05) is 37.3 Å². The number of carbonyl (C=O) groups excluding carboxylic acids is 3. The fourth-order valence-electron chi connectivity index (χ4n) is 3.48. The van der Waals surface area contributed by atoms with E-state index in [1.165, 1.54) is 18.1 Å². The van der Waals surface area contributed by atoms with Gasteiger partial charge in [0.2, 0.25) is 0 Å². The standard InChI is InChI=1S/C25H20N2O5S/c1-3-15-8-10-16(11-9-15)27-23(29)20(22(28)26-25(27)33)14-17-12-13-21(32-17)18-6-4-5-7-19(18)24(30)31-2/h4-14H,3H2,1-2H3,(H,26,28,33). The quantitative estimate of drug-likeness (QED) is 0.267. The third-order valence-corrected chi connectivity index (χ3v) is 5.50. The lowest BCUT2D eigenvalue weighted by molar-refractivity contribution is -0.122. The average molecular weight is 461 g/mol. The third kappa shape index (κ3) is 4.33. The number of carbonyl (C=O) groups is 3. The van der Waals surface area contributed by atoms with E-state index in [0.717, 1.165) is 12.0 Å². The summed E-state index contributed by atoms with van der Waals surface area (Å²) in [6.45, 7) is 2.04. The van der Waals surface area contributed by atoms with E-state index >= 15 is 0 Å². The van der Waals surface area contributed by atoms with Crippen molar-refractivity contribution in [1.82, 2.24) is 5.32 Å². The molecule has 2 amide bonds. The lowest BCUT2D eigenvalue weighted by Gasteiger charge is -2.28. The lowest BCUT2D eigenvalue weighted by atomic mass is 10.1. The number of nitrogens with zero attached hydrogens (tertiary/aromatic N) is 1. The van der Waals surface area contributed by atoms with E-state index < -0.39 is 17.8 Å². The molecule has 0 unspecified atom stereocenters. The number of amides is 2. The van der Waals surface area contributed by atoms with Gasteiger partial charge in [0, 0.05) is 5.56 Å². The summed E-state index contributed by atoms with van der Waals surface area (Å²) in [6, 6.07) is 17.5. The number of anilines is 1. The summed E-state index contributed by atoms with van der Waals surface area (Å²) in [5, 5.41) is 2.57. The van der Waals surface area contributed by atoms with Crippen LogP contribution in [0.15, 0.2) is 70.7 Å². The third-order valence-electron chi connectivity index (χ3n) is 5.22. The predicted molar refractivity (Wildman–Crippen MR) is 128 cm³/mol. The first-order chi connectivity index (χ1) is 15.9. The van der Waals surface area contributed by atoms with Crippen molar-refractivity contribution in [3.8, 4) is 11.3 Å². The zero-order valence-electron chi connectivity index (χ0n) is 18.0. The van der Waals surface area contributed by atoms with Gasteiger partial charge in [0.15, 0.2) is 5.11 Å². The van der Waals surface area contributed by atoms with Crippen LogP contribution in [0.2, 0.25) is 0 Å². The van der Waals surface area contributed by atoms with E-state index in [0.29, 0.717) is 22.6 Å². The van der Waals surface area contributed by atoms with E-state index in [-0.39, 0.29) is 16.4 Å². The number of furan rings is 1. The Kier molecular flexibility index (Phi) is 6.19. The van der Waals surface area contributed by atoms with E-state index in [4.69, 9.17) is 21.4 Å². The summed E-state index contributed by atoms with van der Waals surface area (Å²) < 4.78 is 10.7. The molecule has 3 aromatic rings. The number of rotatable bonds is 5. The van der Waals surface area contributed by atoms with Crippen molar-refractivity contribution in [1.29, 1.82) is 0 Å². The predicted octanol–water partition coefficient (Wildman–Crippen LogP) is 4.13. The molecular weight excluding hydrogens is 440 g/mol. The van der Waals surface area contributed by atoms with Gasteiger partial charge in [0.1, 0.15) is 17.1 Å². The Hall–Kier alpha value is -4.04. The highest BCUT2D eigenvalue weighted by atomic mass is 32.1. The molecule has 1 aliphatic heterocycles. The maximum Gasteiger partial charge on any atom is 0.338 e. The van der Waals surface area contributed by atoms with Crippen molar-refractivity contribution >= 4 is 46.9 Å².